The summed E-state index contributed by atoms with van der Waals surface area (Å²) in [5.74, 6) is 2.92. The van der Waals surface area contributed by atoms with Gasteiger partial charge in [0.1, 0.15) is 17.2 Å². The van der Waals surface area contributed by atoms with Crippen molar-refractivity contribution in [2.75, 3.05) is 24.9 Å². The predicted molar refractivity (Wildman–Crippen MR) is 299 cm³/mol. The molecule has 4 unspecified atom stereocenters. The summed E-state index contributed by atoms with van der Waals surface area (Å²) in [5, 5.41) is 12.9. The lowest BCUT2D eigenvalue weighted by atomic mass is 9.76. The molecule has 74 heavy (non-hydrogen) atoms. The largest absolute Gasteiger partial charge is 0.497 e. The number of rotatable bonds is 10. The second-order valence-electron chi connectivity index (χ2n) is 18.3. The third kappa shape index (κ3) is 13.2. The molecule has 0 saturated carbocycles. The molecule has 0 saturated heterocycles. The highest BCUT2D eigenvalue weighted by Gasteiger charge is 2.32. The van der Waals surface area contributed by atoms with Crippen LogP contribution < -0.4 is 35.9 Å². The van der Waals surface area contributed by atoms with Crippen LogP contribution in [0.25, 0.3) is 21.5 Å². The number of nitrogens with two attached hydrogens (primary N) is 1. The second kappa shape index (κ2) is 25.4. The molecule has 376 valence electrons. The van der Waals surface area contributed by atoms with Crippen LogP contribution in [0.3, 0.4) is 0 Å². The van der Waals surface area contributed by atoms with Gasteiger partial charge in [-0.2, -0.15) is 0 Å². The molecule has 11 nitrogen and oxygen atoms in total. The summed E-state index contributed by atoms with van der Waals surface area (Å²) in [5.41, 5.74) is 15.9. The molecule has 5 N–H and O–H groups in total. The molecule has 2 heterocycles. The van der Waals surface area contributed by atoms with Crippen molar-refractivity contribution < 1.29 is 23.8 Å². The highest BCUT2D eigenvalue weighted by Crippen LogP contribution is 2.38. The Balaban J connectivity index is 0.000000155. The molecule has 2 aromatic heterocycles. The standard InChI is InChI=1S/C28H27N3O2.C18H21NO.C16H12N2O2.ClH/c1-33-22-11-12-23-20(17-22)10-13-27(25(23)16-19-6-3-2-4-7-19)31-28(32)30-26-9-5-8-21-18-29-15-14-24(21)26;1-20-15-8-9-16-14(12-15)7-10-18(19)17(16)11-13-5-3-2-4-6-13;19-16(20-13-6-2-1-3-7-13)18-15-8-4-5-12-11-17-10-9-14(12)15;/h2-9,11-12,14-15,17-18,25,27H,10,13,16H2,1H3,(H2,30,31,32);2-6,8-9,12,17-18H,7,10-11,19H2,1H3;1-11H,(H,18,19);1H. The van der Waals surface area contributed by atoms with E-state index in [-0.39, 0.29) is 36.4 Å². The third-order valence-electron chi connectivity index (χ3n) is 13.7. The number of nitrogens with one attached hydrogen (secondary N) is 3. The molecular weight excluding hydrogens is 944 g/mol. The lowest BCUT2D eigenvalue weighted by Crippen LogP contribution is -2.44. The monoisotopic (exact) mass is 1000 g/mol. The van der Waals surface area contributed by atoms with E-state index in [0.29, 0.717) is 17.4 Å². The zero-order valence-corrected chi connectivity index (χ0v) is 42.3. The van der Waals surface area contributed by atoms with Crippen molar-refractivity contribution in [3.63, 3.8) is 0 Å². The molecule has 0 fully saturated rings. The molecule has 0 aliphatic heterocycles. The predicted octanol–water partition coefficient (Wildman–Crippen LogP) is 13.3. The van der Waals surface area contributed by atoms with Gasteiger partial charge in [-0.15, -0.1) is 12.4 Å². The van der Waals surface area contributed by atoms with Gasteiger partial charge in [0, 0.05) is 70.3 Å². The number of pyridine rings is 2. The van der Waals surface area contributed by atoms with Crippen molar-refractivity contribution in [1.82, 2.24) is 15.3 Å². The first-order chi connectivity index (χ1) is 35.8. The molecule has 4 atom stereocenters. The van der Waals surface area contributed by atoms with E-state index in [1.807, 2.05) is 78.9 Å². The Bertz CT molecular complexity index is 3260. The molecule has 3 amide bonds. The van der Waals surface area contributed by atoms with Crippen LogP contribution >= 0.6 is 12.4 Å². The summed E-state index contributed by atoms with van der Waals surface area (Å²) in [6.45, 7) is 0. The van der Waals surface area contributed by atoms with Gasteiger partial charge in [-0.1, -0.05) is 115 Å². The van der Waals surface area contributed by atoms with Gasteiger partial charge in [0.15, 0.2) is 0 Å². The first-order valence-electron chi connectivity index (χ1n) is 24.8. The number of para-hydroxylation sites is 1. The van der Waals surface area contributed by atoms with Crippen LogP contribution in [0.1, 0.15) is 58.1 Å². The fourth-order valence-electron chi connectivity index (χ4n) is 10.0. The number of carbonyl (C=O) groups is 2. The quantitative estimate of drug-likeness (QED) is 0.106. The summed E-state index contributed by atoms with van der Waals surface area (Å²) in [4.78, 5) is 33.2. The summed E-state index contributed by atoms with van der Waals surface area (Å²) in [6.07, 6.45) is 12.3. The molecule has 0 spiro atoms. The minimum atomic E-state index is -0.513. The van der Waals surface area contributed by atoms with Gasteiger partial charge in [-0.3, -0.25) is 15.3 Å². The number of anilines is 2. The first kappa shape index (κ1) is 52.1. The van der Waals surface area contributed by atoms with Crippen LogP contribution in [0.4, 0.5) is 21.0 Å². The van der Waals surface area contributed by atoms with Gasteiger partial charge >= 0.3 is 12.1 Å². The third-order valence-corrected chi connectivity index (χ3v) is 13.7. The van der Waals surface area contributed by atoms with Gasteiger partial charge in [-0.05, 0) is 133 Å². The van der Waals surface area contributed by atoms with Crippen molar-refractivity contribution in [1.29, 1.82) is 0 Å². The number of hydrogen-bond acceptors (Lipinski definition) is 8. The Labute approximate surface area is 438 Å². The van der Waals surface area contributed by atoms with Gasteiger partial charge in [-0.25, -0.2) is 9.59 Å². The number of urea groups is 1. The Morgan fingerprint density at radius 2 is 1.05 bits per heavy atom. The maximum Gasteiger partial charge on any atom is 0.417 e. The number of aromatic nitrogens is 2. The number of amides is 3. The smallest absolute Gasteiger partial charge is 0.417 e. The number of nitrogens with zero attached hydrogens (tertiary/aromatic N) is 2. The van der Waals surface area contributed by atoms with Crippen molar-refractivity contribution in [2.24, 2.45) is 5.73 Å². The van der Waals surface area contributed by atoms with Crippen LogP contribution in [-0.4, -0.2) is 48.4 Å². The topological polar surface area (TPSA) is 150 Å². The molecule has 0 bridgehead atoms. The number of fused-ring (bicyclic) bond motifs is 4. The molecule has 2 aliphatic carbocycles. The molecule has 9 aromatic rings. The van der Waals surface area contributed by atoms with Crippen molar-refractivity contribution in [2.45, 2.75) is 62.4 Å². The van der Waals surface area contributed by atoms with E-state index < -0.39 is 6.09 Å². The summed E-state index contributed by atoms with van der Waals surface area (Å²) in [7, 11) is 3.42. The van der Waals surface area contributed by atoms with Gasteiger partial charge < -0.3 is 30.6 Å². The fourth-order valence-corrected chi connectivity index (χ4v) is 10.0. The van der Waals surface area contributed by atoms with E-state index in [1.165, 1.54) is 33.4 Å². The average Bonchev–Trinajstić information content (AvgIpc) is 3.43. The van der Waals surface area contributed by atoms with Crippen LogP contribution in [-0.2, 0) is 25.7 Å². The molecule has 0 radical (unpaired) electrons. The minimum absolute atomic E-state index is 0. The van der Waals surface area contributed by atoms with E-state index >= 15 is 0 Å². The van der Waals surface area contributed by atoms with Crippen molar-refractivity contribution >= 4 is 57.5 Å². The number of halogens is 1. The number of benzene rings is 7. The molecule has 2 aliphatic rings. The SMILES string of the molecule is COc1ccc2c(c1)CCC(N)C2Cc1ccccc1.COc1ccc2c(c1)CCC(NC(=O)Nc1cccc3cnccc13)C2Cc1ccccc1.Cl.O=C(Nc1cccc2cnccc12)Oc1ccccc1. The Kier molecular flexibility index (Phi) is 17.9. The molecule has 12 heteroatoms. The van der Waals surface area contributed by atoms with E-state index in [0.717, 1.165) is 77.3 Å². The number of aryl methyl sites for hydroxylation is 2. The van der Waals surface area contributed by atoms with E-state index in [9.17, 15) is 9.59 Å². The van der Waals surface area contributed by atoms with Crippen LogP contribution in [0.15, 0.2) is 201 Å². The number of methoxy groups -OCH3 is 2. The molecular formula is C62H61ClN6O5. The lowest BCUT2D eigenvalue weighted by Gasteiger charge is -2.34. The average molecular weight is 1010 g/mol. The Hall–Kier alpha value is -8.25. The van der Waals surface area contributed by atoms with Gasteiger partial charge in [0.05, 0.1) is 25.6 Å². The lowest BCUT2D eigenvalue weighted by molar-refractivity contribution is 0.215. The van der Waals surface area contributed by atoms with Crippen molar-refractivity contribution in [3.05, 3.63) is 234 Å². The normalized spacial score (nSPS) is 16.2. The van der Waals surface area contributed by atoms with E-state index in [2.05, 4.69) is 111 Å². The summed E-state index contributed by atoms with van der Waals surface area (Å²) < 4.78 is 16.0. The first-order valence-corrected chi connectivity index (χ1v) is 24.8. The Morgan fingerprint density at radius 1 is 0.554 bits per heavy atom. The number of carbonyl (C=O) groups excluding carboxylic acids is 2. The van der Waals surface area contributed by atoms with E-state index in [1.54, 1.807) is 51.1 Å². The molecule has 11 rings (SSSR count). The highest BCUT2D eigenvalue weighted by molar-refractivity contribution is 6.02. The Morgan fingerprint density at radius 3 is 1.61 bits per heavy atom. The van der Waals surface area contributed by atoms with Crippen LogP contribution in [0, 0.1) is 0 Å². The fraction of sp³-hybridized carbons (Fsp3) is 0.194. The zero-order valence-electron chi connectivity index (χ0n) is 41.5. The maximum atomic E-state index is 13.1. The molecule has 7 aromatic carbocycles. The minimum Gasteiger partial charge on any atom is -0.497 e. The maximum absolute atomic E-state index is 13.1. The summed E-state index contributed by atoms with van der Waals surface area (Å²) >= 11 is 0. The zero-order chi connectivity index (χ0) is 50.4. The number of hydrogen-bond donors (Lipinski definition) is 4. The van der Waals surface area contributed by atoms with E-state index in [4.69, 9.17) is 19.9 Å². The van der Waals surface area contributed by atoms with Gasteiger partial charge in [0.2, 0.25) is 0 Å². The second-order valence-corrected chi connectivity index (χ2v) is 18.3. The van der Waals surface area contributed by atoms with Crippen molar-refractivity contribution in [3.8, 4) is 17.2 Å². The van der Waals surface area contributed by atoms with Gasteiger partial charge in [0.25, 0.3) is 0 Å². The van der Waals surface area contributed by atoms with Crippen LogP contribution in [0.5, 0.6) is 17.2 Å². The summed E-state index contributed by atoms with van der Waals surface area (Å²) in [6, 6.07) is 58.1. The number of ether oxygens (including phenoxy) is 3. The highest BCUT2D eigenvalue weighted by atomic mass is 35.5. The van der Waals surface area contributed by atoms with Crippen LogP contribution in [0.2, 0.25) is 0 Å².